The van der Waals surface area contributed by atoms with Gasteiger partial charge in [0, 0.05) is 0 Å². The van der Waals surface area contributed by atoms with E-state index in [0.29, 0.717) is 5.39 Å². The largest absolute Gasteiger partial charge is 0.347 e. The third kappa shape index (κ3) is 1.70. The van der Waals surface area contributed by atoms with Gasteiger partial charge in [0.15, 0.2) is 5.65 Å². The number of fused-ring (bicyclic) bond motifs is 6. The topological polar surface area (TPSA) is 291 Å². The van der Waals surface area contributed by atoms with Gasteiger partial charge in [0.2, 0.25) is 0 Å². The summed E-state index contributed by atoms with van der Waals surface area (Å²) in [5.74, 6) is 0. The molecule has 0 aliphatic heterocycles. The van der Waals surface area contributed by atoms with Crippen LogP contribution in [-0.4, -0.2) is 108 Å². The van der Waals surface area contributed by atoms with Crippen molar-refractivity contribution in [1.29, 1.82) is 0 Å². The molecule has 0 aromatic carbocycles. The van der Waals surface area contributed by atoms with Gasteiger partial charge < -0.3 is 4.98 Å². The maximum Gasteiger partial charge on any atom is 0.347 e. The summed E-state index contributed by atoms with van der Waals surface area (Å²) in [6.07, 6.45) is 0. The van der Waals surface area contributed by atoms with Crippen LogP contribution in [0.2, 0.25) is 0 Å². The quantitative estimate of drug-likeness (QED) is 0.208. The summed E-state index contributed by atoms with van der Waals surface area (Å²) in [4.78, 5) is 19.7. The maximum absolute atomic E-state index is 12.9. The minimum Gasteiger partial charge on any atom is -0.308 e. The lowest BCUT2D eigenvalue weighted by Crippen LogP contribution is -2.58. The third-order valence-electron chi connectivity index (χ3n) is 6.81. The van der Waals surface area contributed by atoms with E-state index in [-0.39, 0.29) is 62.6 Å². The van der Waals surface area contributed by atoms with E-state index in [0.717, 1.165) is 0 Å². The molecule has 22 nitrogen and oxygen atoms in total. The molecule has 3 aliphatic rings. The van der Waals surface area contributed by atoms with Gasteiger partial charge in [0.1, 0.15) is 56.4 Å². The van der Waals surface area contributed by atoms with Gasteiger partial charge in [-0.3, -0.25) is 0 Å². The van der Waals surface area contributed by atoms with Crippen molar-refractivity contribution in [3.63, 3.8) is 0 Å². The van der Waals surface area contributed by atoms with Crippen LogP contribution in [0.4, 0.5) is 0 Å². The molecule has 172 valence electrons. The predicted octanol–water partition coefficient (Wildman–Crippen LogP) is -4.93. The Balaban J connectivity index is 1.68. The molecule has 0 atom stereocenters. The van der Waals surface area contributed by atoms with Crippen molar-refractivity contribution in [3.05, 3.63) is 44.6 Å². The first-order chi connectivity index (χ1) is 18.3. The molecular formula is C15HN21O. The van der Waals surface area contributed by atoms with Crippen molar-refractivity contribution in [3.8, 4) is 22.8 Å². The van der Waals surface area contributed by atoms with Gasteiger partial charge in [0.05, 0.1) is 16.8 Å². The molecule has 0 spiro atoms. The van der Waals surface area contributed by atoms with Gasteiger partial charge in [-0.2, -0.15) is 4.98 Å². The second kappa shape index (κ2) is 5.75. The van der Waals surface area contributed by atoms with Crippen LogP contribution in [0.5, 0.6) is 0 Å². The molecule has 0 radical (unpaired) electrons. The zero-order valence-electron chi connectivity index (χ0n) is 17.4. The summed E-state index contributed by atoms with van der Waals surface area (Å²) in [7, 11) is 0. The Kier molecular flexibility index (Phi) is 2.84. The van der Waals surface area contributed by atoms with Crippen LogP contribution in [0, 0.1) is 0 Å². The van der Waals surface area contributed by atoms with E-state index in [9.17, 15) is 4.79 Å². The fourth-order valence-corrected chi connectivity index (χ4v) is 5.77. The van der Waals surface area contributed by atoms with Gasteiger partial charge in [0.25, 0.3) is 0 Å². The van der Waals surface area contributed by atoms with Crippen molar-refractivity contribution in [2.24, 2.45) is 0 Å². The summed E-state index contributed by atoms with van der Waals surface area (Å²) in [5.41, 5.74) is -2.62. The number of nitrogens with zero attached hydrogens (tertiary/aromatic N) is 20. The molecule has 6 aromatic rings. The van der Waals surface area contributed by atoms with E-state index in [1.807, 2.05) is 0 Å². The summed E-state index contributed by atoms with van der Waals surface area (Å²) in [5, 5.41) is 76.6. The number of aromatic nitrogens is 21. The molecule has 6 aromatic heterocycles. The van der Waals surface area contributed by atoms with Crippen molar-refractivity contribution >= 4 is 11.0 Å². The number of H-pyrrole nitrogens is 1. The molecular weight excluding hydrogens is 490 g/mol. The van der Waals surface area contributed by atoms with Crippen LogP contribution < -0.4 is 5.69 Å². The summed E-state index contributed by atoms with van der Waals surface area (Å²) < 4.78 is 0. The average Bonchev–Trinajstić information content (AvgIpc) is 3.23. The van der Waals surface area contributed by atoms with Gasteiger partial charge in [-0.05, 0) is 46.9 Å². The van der Waals surface area contributed by atoms with Crippen LogP contribution >= 0.6 is 0 Å². The van der Waals surface area contributed by atoms with Crippen molar-refractivity contribution in [1.82, 2.24) is 108 Å². The summed E-state index contributed by atoms with van der Waals surface area (Å²) in [6.45, 7) is 0. The number of hydrogen-bond acceptors (Lipinski definition) is 21. The van der Waals surface area contributed by atoms with Gasteiger partial charge in [-0.25, -0.2) is 4.79 Å². The lowest BCUT2D eigenvalue weighted by atomic mass is 9.51. The Morgan fingerprint density at radius 3 is 1.41 bits per heavy atom. The molecule has 6 heterocycles. The van der Waals surface area contributed by atoms with Crippen LogP contribution in [0.3, 0.4) is 0 Å². The maximum atomic E-state index is 12.9. The first-order valence-corrected chi connectivity index (χ1v) is 10.2. The van der Waals surface area contributed by atoms with Crippen molar-refractivity contribution in [2.75, 3.05) is 0 Å². The van der Waals surface area contributed by atoms with Crippen LogP contribution in [0.25, 0.3) is 33.8 Å². The minimum absolute atomic E-state index is 0.0140. The lowest BCUT2D eigenvalue weighted by Gasteiger charge is -2.48. The summed E-state index contributed by atoms with van der Waals surface area (Å²) in [6, 6.07) is 0. The Hall–Kier alpha value is -6.09. The van der Waals surface area contributed by atoms with Crippen LogP contribution in [-0.2, 0) is 10.8 Å². The molecule has 3 aliphatic carbocycles. The Morgan fingerprint density at radius 1 is 0.459 bits per heavy atom. The van der Waals surface area contributed by atoms with E-state index in [4.69, 9.17) is 0 Å². The Labute approximate surface area is 197 Å². The Morgan fingerprint density at radius 2 is 0.892 bits per heavy atom. The van der Waals surface area contributed by atoms with E-state index in [2.05, 4.69) is 108 Å². The first kappa shape index (κ1) is 18.3. The second-order valence-corrected chi connectivity index (χ2v) is 8.06. The highest BCUT2D eigenvalue weighted by molar-refractivity contribution is 5.97. The van der Waals surface area contributed by atoms with Crippen molar-refractivity contribution < 1.29 is 0 Å². The zero-order chi connectivity index (χ0) is 24.4. The molecule has 0 unspecified atom stereocenters. The number of hydrogen-bond donors (Lipinski definition) is 1. The zero-order valence-corrected chi connectivity index (χ0v) is 17.4. The standard InChI is InChI=1S/C15HN21O/c37-13-16-6-1-7(22-28-27-12(1)17-13)15-10-4(20-31-35-25-10)2-8(23-33-29-18-2)14(6,15)9-3(19-30-34-24-9)5-11(15)26-36-32-21-5/h(H,16,17,22,27,37). The van der Waals surface area contributed by atoms with Gasteiger partial charge in [-0.15, -0.1) is 51.0 Å². The van der Waals surface area contributed by atoms with E-state index in [1.54, 1.807) is 0 Å². The molecule has 0 fully saturated rings. The van der Waals surface area contributed by atoms with Gasteiger partial charge >= 0.3 is 5.69 Å². The first-order valence-electron chi connectivity index (χ1n) is 10.2. The van der Waals surface area contributed by atoms with E-state index >= 15 is 0 Å². The minimum atomic E-state index is -1.70. The molecule has 1 N–H and O–H groups in total. The predicted molar refractivity (Wildman–Crippen MR) is 104 cm³/mol. The highest BCUT2D eigenvalue weighted by atomic mass is 16.1. The van der Waals surface area contributed by atoms with E-state index < -0.39 is 16.5 Å². The third-order valence-corrected chi connectivity index (χ3v) is 6.81. The van der Waals surface area contributed by atoms with Crippen LogP contribution in [0.15, 0.2) is 4.79 Å². The normalized spacial score (nSPS) is 21.3. The van der Waals surface area contributed by atoms with Gasteiger partial charge in [-0.1, -0.05) is 0 Å². The number of nitrogens with one attached hydrogen (secondary N) is 1. The molecule has 37 heavy (non-hydrogen) atoms. The molecule has 0 saturated heterocycles. The molecule has 0 amide bonds. The average molecular weight is 491 g/mol. The number of aromatic amines is 1. The Bertz CT molecular complexity index is 1970. The fourth-order valence-electron chi connectivity index (χ4n) is 5.77. The fraction of sp³-hybridized carbons (Fsp3) is 0.133. The smallest absolute Gasteiger partial charge is 0.308 e. The molecule has 22 heteroatoms. The van der Waals surface area contributed by atoms with E-state index in [1.165, 1.54) is 0 Å². The second-order valence-electron chi connectivity index (χ2n) is 8.06. The highest BCUT2D eigenvalue weighted by Gasteiger charge is 2.76. The van der Waals surface area contributed by atoms with Crippen molar-refractivity contribution in [2.45, 2.75) is 10.8 Å². The molecule has 9 rings (SSSR count). The summed E-state index contributed by atoms with van der Waals surface area (Å²) >= 11 is 0. The SMILES string of the molecule is O=c1nc2nnnc3c2c([nH]1)C12c4nnnnc4-c4nnnnc4C31c1nnnnc1-c1nnnnc12. The van der Waals surface area contributed by atoms with Crippen LogP contribution in [0.1, 0.15) is 34.2 Å². The highest BCUT2D eigenvalue weighted by Crippen LogP contribution is 2.69. The number of rotatable bonds is 0. The monoisotopic (exact) mass is 491 g/mol. The molecule has 0 saturated carbocycles. The lowest BCUT2D eigenvalue weighted by molar-refractivity contribution is 0.344. The molecule has 0 bridgehead atoms.